The molecule has 2 bridgehead atoms. The second-order valence-corrected chi connectivity index (χ2v) is 4.31. The SMILES string of the molecule is CC12COC(C(F)(F)C(F)(F)F)(OC1)OC2. The summed E-state index contributed by atoms with van der Waals surface area (Å²) in [6.45, 7) is 0.859. The van der Waals surface area contributed by atoms with Crippen LogP contribution in [0.4, 0.5) is 22.0 Å². The molecule has 3 aliphatic heterocycles. The molecule has 94 valence electrons. The van der Waals surface area contributed by atoms with Gasteiger partial charge in [-0.1, -0.05) is 6.92 Å². The Morgan fingerprint density at radius 1 is 0.875 bits per heavy atom. The van der Waals surface area contributed by atoms with Gasteiger partial charge >= 0.3 is 18.1 Å². The molecule has 0 unspecified atom stereocenters. The number of halogens is 5. The number of ether oxygens (including phenoxy) is 3. The molecule has 0 radical (unpaired) electrons. The normalized spacial score (nSPS) is 40.1. The summed E-state index contributed by atoms with van der Waals surface area (Å²) < 4.78 is 76.1. The van der Waals surface area contributed by atoms with Gasteiger partial charge in [0.25, 0.3) is 0 Å². The van der Waals surface area contributed by atoms with Crippen molar-refractivity contribution < 1.29 is 36.2 Å². The fraction of sp³-hybridized carbons (Fsp3) is 1.00. The molecule has 3 heterocycles. The molecule has 16 heavy (non-hydrogen) atoms. The van der Waals surface area contributed by atoms with E-state index >= 15 is 0 Å². The third-order valence-corrected chi connectivity index (χ3v) is 2.57. The first kappa shape index (κ1) is 12.0. The average Bonchev–Trinajstić information content (AvgIpc) is 2.17. The molecule has 0 aromatic carbocycles. The Kier molecular flexibility index (Phi) is 2.29. The van der Waals surface area contributed by atoms with Crippen LogP contribution in [0.3, 0.4) is 0 Å². The summed E-state index contributed by atoms with van der Waals surface area (Å²) in [7, 11) is 0. The van der Waals surface area contributed by atoms with Gasteiger partial charge in [-0.05, 0) is 0 Å². The minimum atomic E-state index is -5.78. The Balaban J connectivity index is 2.28. The lowest BCUT2D eigenvalue weighted by Crippen LogP contribution is -2.70. The number of rotatable bonds is 1. The maximum Gasteiger partial charge on any atom is 0.462 e. The van der Waals surface area contributed by atoms with Gasteiger partial charge in [0.05, 0.1) is 19.8 Å². The summed E-state index contributed by atoms with van der Waals surface area (Å²) in [4.78, 5) is 0. The van der Waals surface area contributed by atoms with Crippen molar-refractivity contribution in [3.63, 3.8) is 0 Å². The van der Waals surface area contributed by atoms with Gasteiger partial charge in [-0.3, -0.25) is 0 Å². The zero-order valence-electron chi connectivity index (χ0n) is 8.24. The van der Waals surface area contributed by atoms with Crippen molar-refractivity contribution >= 4 is 0 Å². The molecule has 0 N–H and O–H groups in total. The third kappa shape index (κ3) is 1.43. The van der Waals surface area contributed by atoms with Gasteiger partial charge in [-0.25, -0.2) is 0 Å². The predicted octanol–water partition coefficient (Wildman–Crippen LogP) is 1.92. The quantitative estimate of drug-likeness (QED) is 0.663. The first-order chi connectivity index (χ1) is 7.12. The van der Waals surface area contributed by atoms with Crippen molar-refractivity contribution in [2.24, 2.45) is 5.41 Å². The van der Waals surface area contributed by atoms with Crippen LogP contribution >= 0.6 is 0 Å². The van der Waals surface area contributed by atoms with Crippen molar-refractivity contribution in [3.8, 4) is 0 Å². The first-order valence-corrected chi connectivity index (χ1v) is 4.48. The minimum Gasteiger partial charge on any atom is -0.322 e. The maximum absolute atomic E-state index is 13.1. The molecule has 3 rings (SSSR count). The molecule has 0 spiro atoms. The Bertz CT molecular complexity index is 276. The smallest absolute Gasteiger partial charge is 0.322 e. The number of alkyl halides is 5. The topological polar surface area (TPSA) is 27.7 Å². The van der Waals surface area contributed by atoms with E-state index in [0.29, 0.717) is 0 Å². The number of hydrogen-bond donors (Lipinski definition) is 0. The summed E-state index contributed by atoms with van der Waals surface area (Å²) in [6, 6.07) is 0. The van der Waals surface area contributed by atoms with Crippen molar-refractivity contribution in [2.45, 2.75) is 25.0 Å². The molecular formula is C8H9F5O3. The van der Waals surface area contributed by atoms with Gasteiger partial charge in [0.1, 0.15) is 0 Å². The van der Waals surface area contributed by atoms with Crippen LogP contribution in [0.5, 0.6) is 0 Å². The molecule has 0 atom stereocenters. The Morgan fingerprint density at radius 3 is 1.56 bits per heavy atom. The van der Waals surface area contributed by atoms with E-state index in [4.69, 9.17) is 0 Å². The van der Waals surface area contributed by atoms with Crippen molar-refractivity contribution in [1.82, 2.24) is 0 Å². The zero-order chi connectivity index (χ0) is 12.2. The predicted molar refractivity (Wildman–Crippen MR) is 39.7 cm³/mol. The summed E-state index contributed by atoms with van der Waals surface area (Å²) >= 11 is 0. The second-order valence-electron chi connectivity index (χ2n) is 4.31. The van der Waals surface area contributed by atoms with Gasteiger partial charge in [-0.2, -0.15) is 22.0 Å². The maximum atomic E-state index is 13.1. The Labute approximate surface area is 87.5 Å². The van der Waals surface area contributed by atoms with Crippen LogP contribution < -0.4 is 0 Å². The Hall–Kier alpha value is -0.470. The summed E-state index contributed by atoms with van der Waals surface area (Å²) in [6.07, 6.45) is -5.78. The fourth-order valence-electron chi connectivity index (χ4n) is 1.50. The minimum absolute atomic E-state index is 0.251. The highest BCUT2D eigenvalue weighted by Crippen LogP contribution is 2.52. The van der Waals surface area contributed by atoms with E-state index in [9.17, 15) is 22.0 Å². The lowest BCUT2D eigenvalue weighted by Gasteiger charge is -2.52. The van der Waals surface area contributed by atoms with Crippen LogP contribution in [0.2, 0.25) is 0 Å². The molecule has 0 saturated carbocycles. The standard InChI is InChI=1S/C8H9F5O3/c1-5-2-14-8(15-3-5,16-4-5)6(9,10)7(11,12)13/h2-4H2,1H3. The van der Waals surface area contributed by atoms with Crippen molar-refractivity contribution in [2.75, 3.05) is 19.8 Å². The molecule has 0 aromatic rings. The largest absolute Gasteiger partial charge is 0.462 e. The Morgan fingerprint density at radius 2 is 1.25 bits per heavy atom. The lowest BCUT2D eigenvalue weighted by atomic mass is 9.91. The van der Waals surface area contributed by atoms with Crippen molar-refractivity contribution in [3.05, 3.63) is 0 Å². The molecule has 8 heteroatoms. The van der Waals surface area contributed by atoms with Crippen LogP contribution in [0.25, 0.3) is 0 Å². The molecule has 0 amide bonds. The highest BCUT2D eigenvalue weighted by Gasteiger charge is 2.77. The molecule has 3 nitrogen and oxygen atoms in total. The number of fused-ring (bicyclic) bond motifs is 3. The molecule has 3 aliphatic rings. The average molecular weight is 248 g/mol. The van der Waals surface area contributed by atoms with Crippen molar-refractivity contribution in [1.29, 1.82) is 0 Å². The fourth-order valence-corrected chi connectivity index (χ4v) is 1.50. The van der Waals surface area contributed by atoms with E-state index in [1.165, 1.54) is 0 Å². The van der Waals surface area contributed by atoms with Crippen LogP contribution in [0.15, 0.2) is 0 Å². The van der Waals surface area contributed by atoms with Gasteiger partial charge in [0.15, 0.2) is 0 Å². The third-order valence-electron chi connectivity index (χ3n) is 2.57. The second kappa shape index (κ2) is 3.05. The summed E-state index contributed by atoms with van der Waals surface area (Å²) in [5.41, 5.74) is -0.663. The molecule has 0 aromatic heterocycles. The van der Waals surface area contributed by atoms with Crippen LogP contribution in [0.1, 0.15) is 6.92 Å². The van der Waals surface area contributed by atoms with E-state index < -0.39 is 23.5 Å². The zero-order valence-corrected chi connectivity index (χ0v) is 8.24. The molecule has 3 fully saturated rings. The molecule has 0 aliphatic carbocycles. The van der Waals surface area contributed by atoms with E-state index in [2.05, 4.69) is 14.2 Å². The summed E-state index contributed by atoms with van der Waals surface area (Å²) in [5.74, 6) is -8.51. The van der Waals surface area contributed by atoms with E-state index in [0.717, 1.165) is 0 Å². The van der Waals surface area contributed by atoms with Crippen LogP contribution in [-0.4, -0.2) is 37.9 Å². The lowest BCUT2D eigenvalue weighted by molar-refractivity contribution is -0.546. The molecule has 3 saturated heterocycles. The first-order valence-electron chi connectivity index (χ1n) is 4.48. The van der Waals surface area contributed by atoms with E-state index in [-0.39, 0.29) is 19.8 Å². The van der Waals surface area contributed by atoms with E-state index in [1.54, 1.807) is 6.92 Å². The number of hydrogen-bond acceptors (Lipinski definition) is 3. The highest BCUT2D eigenvalue weighted by atomic mass is 19.4. The van der Waals surface area contributed by atoms with Gasteiger partial charge < -0.3 is 14.2 Å². The van der Waals surface area contributed by atoms with Gasteiger partial charge in [0, 0.05) is 5.41 Å². The van der Waals surface area contributed by atoms with E-state index in [1.807, 2.05) is 0 Å². The molecular weight excluding hydrogens is 239 g/mol. The summed E-state index contributed by atoms with van der Waals surface area (Å²) in [5, 5.41) is 0. The van der Waals surface area contributed by atoms with Gasteiger partial charge in [-0.15, -0.1) is 0 Å². The van der Waals surface area contributed by atoms with Crippen LogP contribution in [-0.2, 0) is 14.2 Å². The van der Waals surface area contributed by atoms with Gasteiger partial charge in [0.2, 0.25) is 0 Å². The highest BCUT2D eigenvalue weighted by molar-refractivity contribution is 4.95. The monoisotopic (exact) mass is 248 g/mol. The van der Waals surface area contributed by atoms with Crippen LogP contribution in [0, 0.1) is 5.41 Å².